The van der Waals surface area contributed by atoms with Crippen LogP contribution in [-0.4, -0.2) is 11.6 Å². The Labute approximate surface area is 131 Å². The van der Waals surface area contributed by atoms with Crippen LogP contribution in [0.25, 0.3) is 0 Å². The molecule has 0 amide bonds. The van der Waals surface area contributed by atoms with Gasteiger partial charge in [-0.2, -0.15) is 0 Å². The number of carbonyl (C=O) groups is 2. The minimum absolute atomic E-state index is 0.0977. The predicted molar refractivity (Wildman–Crippen MR) is 86.9 cm³/mol. The van der Waals surface area contributed by atoms with Crippen LogP contribution in [0.3, 0.4) is 0 Å². The second kappa shape index (κ2) is 5.88. The van der Waals surface area contributed by atoms with Crippen LogP contribution in [0.4, 0.5) is 0 Å². The highest BCUT2D eigenvalue weighted by atomic mass is 16.1. The maximum atomic E-state index is 12.8. The fourth-order valence-corrected chi connectivity index (χ4v) is 3.56. The van der Waals surface area contributed by atoms with Crippen LogP contribution < -0.4 is 0 Å². The molecule has 0 aromatic heterocycles. The summed E-state index contributed by atoms with van der Waals surface area (Å²) in [5, 5.41) is 0. The maximum absolute atomic E-state index is 12.8. The van der Waals surface area contributed by atoms with Gasteiger partial charge >= 0.3 is 0 Å². The first-order chi connectivity index (χ1) is 10.6. The van der Waals surface area contributed by atoms with Crippen LogP contribution in [0.2, 0.25) is 0 Å². The second-order valence-electron chi connectivity index (χ2n) is 6.23. The van der Waals surface area contributed by atoms with E-state index in [1.165, 1.54) is 0 Å². The van der Waals surface area contributed by atoms with Crippen LogP contribution in [0.1, 0.15) is 34.6 Å². The lowest BCUT2D eigenvalue weighted by molar-refractivity contribution is 0.0130. The Morgan fingerprint density at radius 2 is 0.955 bits per heavy atom. The lowest BCUT2D eigenvalue weighted by atomic mass is 9.54. The Morgan fingerprint density at radius 1 is 0.636 bits per heavy atom. The highest BCUT2D eigenvalue weighted by molar-refractivity contribution is 6.06. The van der Waals surface area contributed by atoms with Gasteiger partial charge in [-0.3, -0.25) is 9.59 Å². The molecule has 0 heterocycles. The SMILES string of the molecule is CC1[C@H](C)C(C(=O)c2ccccc2)[C@@H]1C(=O)c1ccccc1. The van der Waals surface area contributed by atoms with Crippen LogP contribution in [0.5, 0.6) is 0 Å². The third-order valence-corrected chi connectivity index (χ3v) is 5.07. The summed E-state index contributed by atoms with van der Waals surface area (Å²) in [7, 11) is 0. The molecule has 4 atom stereocenters. The summed E-state index contributed by atoms with van der Waals surface area (Å²) in [4.78, 5) is 25.6. The van der Waals surface area contributed by atoms with Gasteiger partial charge in [0.05, 0.1) is 0 Å². The summed E-state index contributed by atoms with van der Waals surface area (Å²) in [6.45, 7) is 4.15. The number of hydrogen-bond donors (Lipinski definition) is 0. The van der Waals surface area contributed by atoms with Crippen molar-refractivity contribution in [3.63, 3.8) is 0 Å². The third kappa shape index (κ3) is 2.39. The Morgan fingerprint density at radius 3 is 1.27 bits per heavy atom. The van der Waals surface area contributed by atoms with E-state index < -0.39 is 0 Å². The zero-order chi connectivity index (χ0) is 15.7. The Kier molecular flexibility index (Phi) is 3.93. The minimum atomic E-state index is -0.204. The summed E-state index contributed by atoms with van der Waals surface area (Å²) in [6, 6.07) is 18.6. The van der Waals surface area contributed by atoms with Gasteiger partial charge in [-0.1, -0.05) is 74.5 Å². The van der Waals surface area contributed by atoms with E-state index in [2.05, 4.69) is 13.8 Å². The Bertz CT molecular complexity index is 614. The number of ketones is 2. The average molecular weight is 292 g/mol. The molecule has 2 aromatic carbocycles. The molecule has 3 rings (SSSR count). The van der Waals surface area contributed by atoms with Gasteiger partial charge in [-0.25, -0.2) is 0 Å². The van der Waals surface area contributed by atoms with Crippen molar-refractivity contribution in [1.29, 1.82) is 0 Å². The van der Waals surface area contributed by atoms with Crippen molar-refractivity contribution in [3.05, 3.63) is 71.8 Å². The van der Waals surface area contributed by atoms with Gasteiger partial charge in [0.2, 0.25) is 0 Å². The topological polar surface area (TPSA) is 34.1 Å². The van der Waals surface area contributed by atoms with E-state index in [1.54, 1.807) is 0 Å². The molecule has 1 saturated carbocycles. The van der Waals surface area contributed by atoms with E-state index in [1.807, 2.05) is 60.7 Å². The van der Waals surface area contributed by atoms with Gasteiger partial charge in [-0.15, -0.1) is 0 Å². The molecule has 2 heteroatoms. The minimum Gasteiger partial charge on any atom is -0.294 e. The van der Waals surface area contributed by atoms with Gasteiger partial charge in [0.15, 0.2) is 11.6 Å². The van der Waals surface area contributed by atoms with Crippen molar-refractivity contribution >= 4 is 11.6 Å². The monoisotopic (exact) mass is 292 g/mol. The summed E-state index contributed by atoms with van der Waals surface area (Å²) in [5.74, 6) is 0.270. The number of rotatable bonds is 4. The Hall–Kier alpha value is -2.22. The van der Waals surface area contributed by atoms with Crippen molar-refractivity contribution in [3.8, 4) is 0 Å². The van der Waals surface area contributed by atoms with Gasteiger partial charge in [0.25, 0.3) is 0 Å². The fraction of sp³-hybridized carbons (Fsp3) is 0.300. The molecule has 0 N–H and O–H groups in total. The van der Waals surface area contributed by atoms with Gasteiger partial charge in [-0.05, 0) is 11.8 Å². The van der Waals surface area contributed by atoms with E-state index in [9.17, 15) is 9.59 Å². The van der Waals surface area contributed by atoms with Crippen LogP contribution in [0.15, 0.2) is 60.7 Å². The van der Waals surface area contributed by atoms with Crippen molar-refractivity contribution in [2.75, 3.05) is 0 Å². The van der Waals surface area contributed by atoms with E-state index in [0.29, 0.717) is 11.1 Å². The molecule has 22 heavy (non-hydrogen) atoms. The van der Waals surface area contributed by atoms with Crippen molar-refractivity contribution in [2.24, 2.45) is 23.7 Å². The molecule has 0 saturated heterocycles. The average Bonchev–Trinajstić information content (AvgIpc) is 2.59. The second-order valence-corrected chi connectivity index (χ2v) is 6.23. The van der Waals surface area contributed by atoms with E-state index >= 15 is 0 Å². The molecule has 1 aliphatic rings. The molecule has 2 unspecified atom stereocenters. The molecule has 0 radical (unpaired) electrons. The molecule has 2 nitrogen and oxygen atoms in total. The number of carbonyl (C=O) groups excluding carboxylic acids is 2. The molecule has 0 aliphatic heterocycles. The standard InChI is InChI=1S/C20H20O2/c1-13-14(2)18(20(22)16-11-7-4-8-12-16)17(13)19(21)15-9-5-3-6-10-15/h3-14,17-18H,1-2H3/t13-,14?,17?,18+/m0/s1. The van der Waals surface area contributed by atoms with Crippen molar-refractivity contribution in [2.45, 2.75) is 13.8 Å². The van der Waals surface area contributed by atoms with Crippen LogP contribution >= 0.6 is 0 Å². The van der Waals surface area contributed by atoms with Crippen molar-refractivity contribution in [1.82, 2.24) is 0 Å². The molecule has 112 valence electrons. The van der Waals surface area contributed by atoms with Crippen LogP contribution in [0, 0.1) is 23.7 Å². The fourth-order valence-electron chi connectivity index (χ4n) is 3.56. The third-order valence-electron chi connectivity index (χ3n) is 5.07. The van der Waals surface area contributed by atoms with Crippen LogP contribution in [-0.2, 0) is 0 Å². The zero-order valence-corrected chi connectivity index (χ0v) is 12.9. The number of benzene rings is 2. The first-order valence-corrected chi connectivity index (χ1v) is 7.79. The zero-order valence-electron chi connectivity index (χ0n) is 12.9. The Balaban J connectivity index is 1.87. The van der Waals surface area contributed by atoms with E-state index in [0.717, 1.165) is 0 Å². The van der Waals surface area contributed by atoms with Gasteiger partial charge in [0, 0.05) is 23.0 Å². The smallest absolute Gasteiger partial charge is 0.166 e. The first kappa shape index (κ1) is 14.7. The number of hydrogen-bond acceptors (Lipinski definition) is 2. The quantitative estimate of drug-likeness (QED) is 0.789. The molecule has 0 spiro atoms. The predicted octanol–water partition coefficient (Wildman–Crippen LogP) is 4.27. The molecule has 2 aromatic rings. The molecule has 0 bridgehead atoms. The first-order valence-electron chi connectivity index (χ1n) is 7.79. The van der Waals surface area contributed by atoms with E-state index in [-0.39, 0.29) is 35.2 Å². The molecule has 1 fully saturated rings. The highest BCUT2D eigenvalue weighted by Crippen LogP contribution is 2.48. The molecular formula is C20H20O2. The summed E-state index contributed by atoms with van der Waals surface area (Å²) in [6.07, 6.45) is 0. The number of Topliss-reactive ketones (excluding diaryl/α,β-unsaturated/α-hetero) is 2. The molecular weight excluding hydrogens is 272 g/mol. The summed E-state index contributed by atoms with van der Waals surface area (Å²) in [5.41, 5.74) is 1.41. The van der Waals surface area contributed by atoms with E-state index in [4.69, 9.17) is 0 Å². The lowest BCUT2D eigenvalue weighted by Crippen LogP contribution is -2.51. The lowest BCUT2D eigenvalue weighted by Gasteiger charge is -2.47. The van der Waals surface area contributed by atoms with Gasteiger partial charge in [0.1, 0.15) is 0 Å². The largest absolute Gasteiger partial charge is 0.294 e. The highest BCUT2D eigenvalue weighted by Gasteiger charge is 2.52. The maximum Gasteiger partial charge on any atom is 0.166 e. The summed E-state index contributed by atoms with van der Waals surface area (Å²) >= 11 is 0. The molecule has 1 aliphatic carbocycles. The normalized spacial score (nSPS) is 27.0. The van der Waals surface area contributed by atoms with Gasteiger partial charge < -0.3 is 0 Å². The summed E-state index contributed by atoms with van der Waals surface area (Å²) < 4.78 is 0. The van der Waals surface area contributed by atoms with Crippen molar-refractivity contribution < 1.29 is 9.59 Å².